The van der Waals surface area contributed by atoms with E-state index in [1.807, 2.05) is 18.2 Å². The fraction of sp³-hybridized carbons (Fsp3) is 0. The maximum atomic E-state index is 11.0. The molecule has 0 saturated heterocycles. The topological polar surface area (TPSA) is 42.2 Å². The highest BCUT2D eigenvalue weighted by atomic mass is 79.9. The zero-order valence-electron chi connectivity index (χ0n) is 6.57. The van der Waals surface area contributed by atoms with Crippen molar-refractivity contribution < 1.29 is 5.21 Å². The van der Waals surface area contributed by atoms with Gasteiger partial charge in [-0.1, -0.05) is 22.0 Å². The summed E-state index contributed by atoms with van der Waals surface area (Å²) in [6.07, 6.45) is 1.39. The van der Waals surface area contributed by atoms with Crippen LogP contribution in [0, 0.1) is 0 Å². The number of fused-ring (bicyclic) bond motifs is 1. The lowest BCUT2D eigenvalue weighted by Crippen LogP contribution is -2.14. The maximum absolute atomic E-state index is 11.0. The van der Waals surface area contributed by atoms with Crippen molar-refractivity contribution in [1.29, 1.82) is 0 Å². The molecule has 0 spiro atoms. The molecule has 0 aliphatic carbocycles. The standard InChI is InChI=1S/C9H6BrNO2/c10-8-2-1-6-4-9(12)11(13)5-7(6)3-8/h1-5,13H. The van der Waals surface area contributed by atoms with Gasteiger partial charge in [0.15, 0.2) is 0 Å². The Morgan fingerprint density at radius 1 is 1.23 bits per heavy atom. The van der Waals surface area contributed by atoms with Gasteiger partial charge < -0.3 is 5.21 Å². The van der Waals surface area contributed by atoms with E-state index in [4.69, 9.17) is 5.21 Å². The van der Waals surface area contributed by atoms with E-state index in [0.717, 1.165) is 15.2 Å². The lowest BCUT2D eigenvalue weighted by Gasteiger charge is -1.99. The number of benzene rings is 1. The van der Waals surface area contributed by atoms with Crippen molar-refractivity contribution in [2.24, 2.45) is 0 Å². The molecule has 66 valence electrons. The van der Waals surface area contributed by atoms with Crippen LogP contribution in [-0.4, -0.2) is 9.94 Å². The van der Waals surface area contributed by atoms with Crippen LogP contribution >= 0.6 is 15.9 Å². The second-order valence-electron chi connectivity index (χ2n) is 2.73. The van der Waals surface area contributed by atoms with Crippen LogP contribution in [0.5, 0.6) is 0 Å². The molecule has 0 amide bonds. The Morgan fingerprint density at radius 2 is 2.00 bits per heavy atom. The molecule has 0 bridgehead atoms. The molecule has 0 aliphatic rings. The minimum atomic E-state index is -0.421. The highest BCUT2D eigenvalue weighted by Crippen LogP contribution is 2.17. The van der Waals surface area contributed by atoms with Gasteiger partial charge in [-0.2, -0.15) is 4.73 Å². The summed E-state index contributed by atoms with van der Waals surface area (Å²) in [6, 6.07) is 6.90. The molecule has 13 heavy (non-hydrogen) atoms. The molecule has 4 heteroatoms. The lowest BCUT2D eigenvalue weighted by molar-refractivity contribution is 0.176. The largest absolute Gasteiger partial charge is 0.425 e. The average Bonchev–Trinajstić information content (AvgIpc) is 2.08. The second-order valence-corrected chi connectivity index (χ2v) is 3.65. The van der Waals surface area contributed by atoms with Gasteiger partial charge >= 0.3 is 0 Å². The highest BCUT2D eigenvalue weighted by molar-refractivity contribution is 9.10. The summed E-state index contributed by atoms with van der Waals surface area (Å²) in [5, 5.41) is 10.7. The van der Waals surface area contributed by atoms with Crippen molar-refractivity contribution in [2.45, 2.75) is 0 Å². The van der Waals surface area contributed by atoms with Gasteiger partial charge in [0.2, 0.25) is 0 Å². The van der Waals surface area contributed by atoms with Crippen LogP contribution < -0.4 is 5.56 Å². The first kappa shape index (κ1) is 8.31. The summed E-state index contributed by atoms with van der Waals surface area (Å²) in [4.78, 5) is 11.0. The first-order valence-corrected chi connectivity index (χ1v) is 4.47. The molecule has 0 unspecified atom stereocenters. The third kappa shape index (κ3) is 1.45. The average molecular weight is 240 g/mol. The van der Waals surface area contributed by atoms with E-state index >= 15 is 0 Å². The zero-order valence-corrected chi connectivity index (χ0v) is 8.15. The van der Waals surface area contributed by atoms with Crippen molar-refractivity contribution in [2.75, 3.05) is 0 Å². The predicted octanol–water partition coefficient (Wildman–Crippen LogP) is 2.00. The van der Waals surface area contributed by atoms with E-state index in [1.54, 1.807) is 0 Å². The van der Waals surface area contributed by atoms with Crippen molar-refractivity contribution in [3.63, 3.8) is 0 Å². The first-order valence-electron chi connectivity index (χ1n) is 3.68. The Balaban J connectivity index is 2.89. The molecule has 0 saturated carbocycles. The van der Waals surface area contributed by atoms with Crippen LogP contribution in [0.2, 0.25) is 0 Å². The zero-order chi connectivity index (χ0) is 9.42. The fourth-order valence-electron chi connectivity index (χ4n) is 1.18. The minimum Gasteiger partial charge on any atom is -0.425 e. The number of halogens is 1. The van der Waals surface area contributed by atoms with Gasteiger partial charge in [-0.25, -0.2) is 0 Å². The van der Waals surface area contributed by atoms with Crippen LogP contribution in [0.1, 0.15) is 0 Å². The third-order valence-corrected chi connectivity index (χ3v) is 2.31. The molecule has 0 aliphatic heterocycles. The van der Waals surface area contributed by atoms with Gasteiger partial charge in [-0.15, -0.1) is 0 Å². The van der Waals surface area contributed by atoms with Crippen molar-refractivity contribution in [3.8, 4) is 0 Å². The van der Waals surface area contributed by atoms with Crippen molar-refractivity contribution in [1.82, 2.24) is 4.73 Å². The molecular formula is C9H6BrNO2. The van der Waals surface area contributed by atoms with E-state index in [2.05, 4.69) is 15.9 Å². The molecule has 0 radical (unpaired) electrons. The van der Waals surface area contributed by atoms with Gasteiger partial charge in [-0.3, -0.25) is 4.79 Å². The van der Waals surface area contributed by atoms with Crippen LogP contribution in [0.15, 0.2) is 39.7 Å². The molecule has 1 N–H and O–H groups in total. The van der Waals surface area contributed by atoms with Gasteiger partial charge in [0.25, 0.3) is 5.56 Å². The fourth-order valence-corrected chi connectivity index (χ4v) is 1.56. The Morgan fingerprint density at radius 3 is 2.77 bits per heavy atom. The van der Waals surface area contributed by atoms with Gasteiger partial charge in [-0.05, 0) is 17.5 Å². The molecule has 2 rings (SSSR count). The number of rotatable bonds is 0. The minimum absolute atomic E-state index is 0.421. The summed E-state index contributed by atoms with van der Waals surface area (Å²) in [5.74, 6) is 0. The van der Waals surface area contributed by atoms with Crippen LogP contribution in [-0.2, 0) is 0 Å². The van der Waals surface area contributed by atoms with Gasteiger partial charge in [0, 0.05) is 15.9 Å². The predicted molar refractivity (Wildman–Crippen MR) is 53.1 cm³/mol. The number of aromatic nitrogens is 1. The molecule has 0 atom stereocenters. The molecule has 2 aromatic rings. The molecule has 3 nitrogen and oxygen atoms in total. The smallest absolute Gasteiger partial charge is 0.283 e. The molecule has 0 fully saturated rings. The van der Waals surface area contributed by atoms with E-state index in [9.17, 15) is 4.79 Å². The Bertz CT molecular complexity index is 518. The van der Waals surface area contributed by atoms with Crippen LogP contribution in [0.25, 0.3) is 10.8 Å². The molecule has 1 aromatic carbocycles. The summed E-state index contributed by atoms with van der Waals surface area (Å²) < 4.78 is 1.49. The molecule has 1 heterocycles. The first-order chi connectivity index (χ1) is 6.16. The summed E-state index contributed by atoms with van der Waals surface area (Å²) in [6.45, 7) is 0. The number of pyridine rings is 1. The maximum Gasteiger partial charge on any atom is 0.283 e. The monoisotopic (exact) mass is 239 g/mol. The summed E-state index contributed by atoms with van der Waals surface area (Å²) in [5.41, 5.74) is -0.421. The van der Waals surface area contributed by atoms with E-state index in [1.165, 1.54) is 12.3 Å². The number of nitrogens with zero attached hydrogens (tertiary/aromatic N) is 1. The molecule has 1 aromatic heterocycles. The van der Waals surface area contributed by atoms with Crippen molar-refractivity contribution in [3.05, 3.63) is 45.3 Å². The quantitative estimate of drug-likeness (QED) is 0.715. The van der Waals surface area contributed by atoms with Gasteiger partial charge in [0.05, 0.1) is 6.20 Å². The van der Waals surface area contributed by atoms with Gasteiger partial charge in [0.1, 0.15) is 0 Å². The Labute approximate surface area is 82.3 Å². The Hall–Kier alpha value is -1.29. The number of hydrogen-bond acceptors (Lipinski definition) is 2. The van der Waals surface area contributed by atoms with Crippen LogP contribution in [0.4, 0.5) is 0 Å². The van der Waals surface area contributed by atoms with E-state index < -0.39 is 5.56 Å². The van der Waals surface area contributed by atoms with Crippen molar-refractivity contribution >= 4 is 26.7 Å². The van der Waals surface area contributed by atoms with E-state index in [-0.39, 0.29) is 0 Å². The second kappa shape index (κ2) is 2.88. The SMILES string of the molecule is O=c1cc2ccc(Br)cc2cn1O. The normalized spacial score (nSPS) is 10.5. The third-order valence-electron chi connectivity index (χ3n) is 1.81. The Kier molecular flexibility index (Phi) is 1.84. The van der Waals surface area contributed by atoms with E-state index in [0.29, 0.717) is 4.73 Å². The summed E-state index contributed by atoms with van der Waals surface area (Å²) in [7, 11) is 0. The van der Waals surface area contributed by atoms with Crippen LogP contribution in [0.3, 0.4) is 0 Å². The lowest BCUT2D eigenvalue weighted by atomic mass is 10.2. The highest BCUT2D eigenvalue weighted by Gasteiger charge is 1.98. The summed E-state index contributed by atoms with van der Waals surface area (Å²) >= 11 is 3.31. The number of hydrogen-bond donors (Lipinski definition) is 1. The molecular weight excluding hydrogens is 234 g/mol.